The number of carbonyl (C=O) groups is 4. The van der Waals surface area contributed by atoms with Crippen molar-refractivity contribution < 1.29 is 48.2 Å². The van der Waals surface area contributed by atoms with Gasteiger partial charge in [0, 0.05) is 43.7 Å². The highest BCUT2D eigenvalue weighted by atomic mass is 16.5. The van der Waals surface area contributed by atoms with Gasteiger partial charge in [0.25, 0.3) is 11.8 Å². The molecule has 16 heteroatoms. The third kappa shape index (κ3) is 19.4. The number of hydrogen-bond donors (Lipinski definition) is 5. The molecule has 0 aliphatic carbocycles. The number of fused-ring (bicyclic) bond motifs is 1. The Kier molecular flexibility index (Phi) is 26.1. The number of hydrogen-bond acceptors (Lipinski definition) is 11. The molecule has 1 fully saturated rings. The Morgan fingerprint density at radius 3 is 2.11 bits per heavy atom. The molecule has 1 radical (unpaired) electrons. The molecule has 47 heavy (non-hydrogen) atoms. The number of carbonyl (C=O) groups excluding carboxylic acids is 4. The fourth-order valence-corrected chi connectivity index (χ4v) is 3.92. The van der Waals surface area contributed by atoms with Crippen LogP contribution in [0.25, 0.3) is 10.9 Å². The van der Waals surface area contributed by atoms with E-state index in [-0.39, 0.29) is 51.6 Å². The van der Waals surface area contributed by atoms with E-state index < -0.39 is 5.91 Å². The van der Waals surface area contributed by atoms with Crippen LogP contribution >= 0.6 is 0 Å². The average molecular weight is 665 g/mol. The molecule has 1 saturated heterocycles. The molecule has 0 bridgehead atoms. The summed E-state index contributed by atoms with van der Waals surface area (Å²) in [6.07, 6.45) is 3.68. The molecule has 0 unspecified atom stereocenters. The van der Waals surface area contributed by atoms with E-state index >= 15 is 0 Å². The number of pyridine rings is 1. The largest absolute Gasteiger partial charge is 0.484 e. The third-order valence-corrected chi connectivity index (χ3v) is 5.99. The summed E-state index contributed by atoms with van der Waals surface area (Å²) in [6, 6.07) is 6.62. The van der Waals surface area contributed by atoms with Gasteiger partial charge in [0.2, 0.25) is 11.8 Å². The standard InChI is InChI=1S/C27H37N5O8.2C2H6.BH2O2/c28-24(33)6-11-37-13-15-39-16-14-38-12-8-30-25(34)19-40-20-3-4-21-22(5-7-29-23(21)17-20)27(36)31-18-26(35)32-9-1-2-10-32;2*1-2;2-1-3/h3-5,7,17H,1-2,6,8-16,18-19H2,(H2,28,33)(H,30,34)(H,31,36);2*1-2H3;2-3H. The van der Waals surface area contributed by atoms with Gasteiger partial charge in [-0.25, -0.2) is 0 Å². The van der Waals surface area contributed by atoms with Crippen LogP contribution in [0.3, 0.4) is 0 Å². The number of nitrogens with two attached hydrogens (primary N) is 1. The van der Waals surface area contributed by atoms with Gasteiger partial charge in [0.05, 0.1) is 57.3 Å². The van der Waals surface area contributed by atoms with E-state index in [0.29, 0.717) is 61.8 Å². The number of likely N-dealkylation sites (tertiary alicyclic amines) is 1. The molecule has 15 nitrogen and oxygen atoms in total. The summed E-state index contributed by atoms with van der Waals surface area (Å²) in [4.78, 5) is 53.7. The van der Waals surface area contributed by atoms with Crippen molar-refractivity contribution in [3.63, 3.8) is 0 Å². The lowest BCUT2D eigenvalue weighted by molar-refractivity contribution is -0.129. The maximum absolute atomic E-state index is 12.7. The van der Waals surface area contributed by atoms with Crippen LogP contribution in [0, 0.1) is 0 Å². The van der Waals surface area contributed by atoms with Gasteiger partial charge in [-0.1, -0.05) is 27.7 Å². The molecule has 2 aromatic rings. The summed E-state index contributed by atoms with van der Waals surface area (Å²) in [5.74, 6) is -0.719. The lowest BCUT2D eigenvalue weighted by atomic mass is 10.1. The summed E-state index contributed by atoms with van der Waals surface area (Å²) < 4.78 is 21.5. The van der Waals surface area contributed by atoms with E-state index in [1.54, 1.807) is 29.2 Å². The molecule has 1 aliphatic rings. The number of ether oxygens (including phenoxy) is 4. The Balaban J connectivity index is 0.00000280. The van der Waals surface area contributed by atoms with Crippen molar-refractivity contribution in [2.24, 2.45) is 5.73 Å². The molecule has 0 saturated carbocycles. The smallest absolute Gasteiger partial charge is 0.482 e. The summed E-state index contributed by atoms with van der Waals surface area (Å²) in [5.41, 5.74) is 5.95. The van der Waals surface area contributed by atoms with Crippen molar-refractivity contribution in [3.05, 3.63) is 36.0 Å². The first-order valence-electron chi connectivity index (χ1n) is 15.8. The van der Waals surface area contributed by atoms with Gasteiger partial charge < -0.3 is 50.3 Å². The zero-order chi connectivity index (χ0) is 35.3. The predicted molar refractivity (Wildman–Crippen MR) is 178 cm³/mol. The molecule has 1 aromatic carbocycles. The number of nitrogens with one attached hydrogen (secondary N) is 2. The number of primary amides is 1. The highest BCUT2D eigenvalue weighted by molar-refractivity contribution is 6.13. The topological polar surface area (TPSA) is 212 Å². The molecule has 0 atom stereocenters. The van der Waals surface area contributed by atoms with Crippen LogP contribution in [0.15, 0.2) is 30.5 Å². The molecule has 263 valence electrons. The maximum atomic E-state index is 12.7. The van der Waals surface area contributed by atoms with Crippen LogP contribution in [0.5, 0.6) is 5.75 Å². The number of amides is 4. The lowest BCUT2D eigenvalue weighted by Crippen LogP contribution is -2.38. The van der Waals surface area contributed by atoms with Gasteiger partial charge >= 0.3 is 7.69 Å². The second-order valence-corrected chi connectivity index (χ2v) is 9.12. The van der Waals surface area contributed by atoms with Gasteiger partial charge in [-0.2, -0.15) is 0 Å². The molecule has 2 heterocycles. The molecule has 3 rings (SSSR count). The van der Waals surface area contributed by atoms with E-state index in [0.717, 1.165) is 25.9 Å². The quantitative estimate of drug-likeness (QED) is 0.110. The van der Waals surface area contributed by atoms with E-state index in [4.69, 9.17) is 34.7 Å². The zero-order valence-electron chi connectivity index (χ0n) is 28.0. The fourth-order valence-electron chi connectivity index (χ4n) is 3.92. The molecule has 4 amide bonds. The molecule has 6 N–H and O–H groups in total. The number of aromatic nitrogens is 1. The predicted octanol–water partition coefficient (Wildman–Crippen LogP) is 0.565. The number of nitrogens with zero attached hydrogens (tertiary/aromatic N) is 2. The summed E-state index contributed by atoms with van der Waals surface area (Å²) in [6.45, 7) is 11.6. The number of benzene rings is 1. The minimum Gasteiger partial charge on any atom is -0.484 e. The Bertz CT molecular complexity index is 1170. The second kappa shape index (κ2) is 28.4. The molecule has 0 spiro atoms. The van der Waals surface area contributed by atoms with Crippen molar-refractivity contribution in [3.8, 4) is 5.75 Å². The average Bonchev–Trinajstić information content (AvgIpc) is 3.64. The van der Waals surface area contributed by atoms with Gasteiger partial charge in [0.15, 0.2) is 6.61 Å². The van der Waals surface area contributed by atoms with Crippen molar-refractivity contribution in [2.45, 2.75) is 47.0 Å². The van der Waals surface area contributed by atoms with E-state index in [1.165, 1.54) is 6.20 Å². The van der Waals surface area contributed by atoms with E-state index in [1.807, 2.05) is 27.7 Å². The fraction of sp³-hybridized carbons (Fsp3) is 0.581. The van der Waals surface area contributed by atoms with Crippen LogP contribution in [-0.4, -0.2) is 124 Å². The van der Waals surface area contributed by atoms with Crippen LogP contribution in [0.4, 0.5) is 0 Å². The summed E-state index contributed by atoms with van der Waals surface area (Å²) in [5, 5.41) is 20.0. The maximum Gasteiger partial charge on any atom is 0.482 e. The zero-order valence-corrected chi connectivity index (χ0v) is 28.0. The van der Waals surface area contributed by atoms with Gasteiger partial charge in [-0.05, 0) is 31.0 Å². The monoisotopic (exact) mass is 664 g/mol. The van der Waals surface area contributed by atoms with Crippen molar-refractivity contribution in [2.75, 3.05) is 72.4 Å². The first kappa shape index (κ1) is 43.2. The van der Waals surface area contributed by atoms with Crippen LogP contribution in [0.2, 0.25) is 0 Å². The highest BCUT2D eigenvalue weighted by Crippen LogP contribution is 2.22. The third-order valence-electron chi connectivity index (χ3n) is 5.99. The SMILES string of the molecule is CC.CC.NC(=O)CCOCCOCCOCCNC(=O)COc1ccc2c(C(=O)NCC(=O)N3CCCC3)ccnc2c1.O[B]O. The Morgan fingerprint density at radius 1 is 0.894 bits per heavy atom. The summed E-state index contributed by atoms with van der Waals surface area (Å²) >= 11 is 0. The van der Waals surface area contributed by atoms with Crippen LogP contribution < -0.4 is 21.1 Å². The minimum atomic E-state index is -0.403. The molecular formula is C31H51BN5O10. The normalized spacial score (nSPS) is 11.5. The van der Waals surface area contributed by atoms with Gasteiger partial charge in [-0.3, -0.25) is 24.2 Å². The van der Waals surface area contributed by atoms with Crippen LogP contribution in [0.1, 0.15) is 57.3 Å². The lowest BCUT2D eigenvalue weighted by Gasteiger charge is -2.15. The number of rotatable bonds is 18. The van der Waals surface area contributed by atoms with Crippen molar-refractivity contribution in [1.29, 1.82) is 0 Å². The van der Waals surface area contributed by atoms with Crippen LogP contribution in [-0.2, 0) is 28.6 Å². The van der Waals surface area contributed by atoms with E-state index in [2.05, 4.69) is 15.6 Å². The second-order valence-electron chi connectivity index (χ2n) is 9.12. The minimum absolute atomic E-state index is 0. The Labute approximate surface area is 277 Å². The molecule has 1 aliphatic heterocycles. The molecule has 1 aromatic heterocycles. The van der Waals surface area contributed by atoms with Crippen molar-refractivity contribution >= 4 is 42.2 Å². The van der Waals surface area contributed by atoms with Gasteiger partial charge in [0.1, 0.15) is 5.75 Å². The Morgan fingerprint density at radius 2 is 1.49 bits per heavy atom. The first-order chi connectivity index (χ1) is 22.8. The van der Waals surface area contributed by atoms with Gasteiger partial charge in [-0.15, -0.1) is 0 Å². The Hall–Kier alpha value is -3.83. The summed E-state index contributed by atoms with van der Waals surface area (Å²) in [7, 11) is 0. The van der Waals surface area contributed by atoms with Crippen molar-refractivity contribution in [1.82, 2.24) is 20.5 Å². The highest BCUT2D eigenvalue weighted by Gasteiger charge is 2.19. The van der Waals surface area contributed by atoms with E-state index in [9.17, 15) is 19.2 Å². The first-order valence-corrected chi connectivity index (χ1v) is 15.8. The molecular weight excluding hydrogens is 613 g/mol.